The van der Waals surface area contributed by atoms with E-state index in [9.17, 15) is 9.59 Å². The highest BCUT2D eigenvalue weighted by Crippen LogP contribution is 2.28. The molecule has 0 aromatic heterocycles. The van der Waals surface area contributed by atoms with Gasteiger partial charge in [-0.3, -0.25) is 4.79 Å². The highest BCUT2D eigenvalue weighted by atomic mass is 35.5. The average Bonchev–Trinajstić information content (AvgIpc) is 2.56. The van der Waals surface area contributed by atoms with Crippen LogP contribution in [0.25, 0.3) is 0 Å². The number of esters is 2. The number of halogens is 1. The summed E-state index contributed by atoms with van der Waals surface area (Å²) in [6.45, 7) is 3.55. The van der Waals surface area contributed by atoms with Crippen molar-refractivity contribution in [2.24, 2.45) is 0 Å². The normalized spacial score (nSPS) is 11.6. The van der Waals surface area contributed by atoms with Crippen molar-refractivity contribution < 1.29 is 19.1 Å². The highest BCUT2D eigenvalue weighted by molar-refractivity contribution is 6.29. The van der Waals surface area contributed by atoms with Crippen molar-refractivity contribution in [3.05, 3.63) is 59.7 Å². The molecule has 0 amide bonds. The molecule has 5 heteroatoms. The van der Waals surface area contributed by atoms with Crippen LogP contribution >= 0.6 is 11.6 Å². The van der Waals surface area contributed by atoms with E-state index < -0.39 is 17.3 Å². The lowest BCUT2D eigenvalue weighted by Crippen LogP contribution is -2.18. The first kappa shape index (κ1) is 17.0. The molecule has 4 nitrogen and oxygen atoms in total. The zero-order chi connectivity index (χ0) is 16.8. The lowest BCUT2D eigenvalue weighted by molar-refractivity contribution is -0.133. The van der Waals surface area contributed by atoms with E-state index in [0.29, 0.717) is 5.56 Å². The van der Waals surface area contributed by atoms with Gasteiger partial charge in [0.05, 0.1) is 5.56 Å². The van der Waals surface area contributed by atoms with E-state index in [2.05, 4.69) is 0 Å². The summed E-state index contributed by atoms with van der Waals surface area (Å²) in [4.78, 5) is 23.8. The molecular formula is C18H17ClO4. The van der Waals surface area contributed by atoms with Gasteiger partial charge in [-0.15, -0.1) is 11.6 Å². The molecule has 0 bridgehead atoms. The Morgan fingerprint density at radius 1 is 1.00 bits per heavy atom. The van der Waals surface area contributed by atoms with Gasteiger partial charge in [-0.05, 0) is 43.2 Å². The fourth-order valence-corrected chi connectivity index (χ4v) is 1.89. The van der Waals surface area contributed by atoms with Gasteiger partial charge in [0.15, 0.2) is 11.5 Å². The van der Waals surface area contributed by atoms with Gasteiger partial charge in [-0.2, -0.15) is 0 Å². The molecule has 0 N–H and O–H groups in total. The molecule has 23 heavy (non-hydrogen) atoms. The summed E-state index contributed by atoms with van der Waals surface area (Å²) in [5.41, 5.74) is 1.56. The summed E-state index contributed by atoms with van der Waals surface area (Å²) < 4.78 is 10.5. The summed E-state index contributed by atoms with van der Waals surface area (Å²) in [5, 5.41) is -0.791. The molecule has 0 spiro atoms. The predicted octanol–water partition coefficient (Wildman–Crippen LogP) is 4.00. The minimum atomic E-state index is -0.791. The Hall–Kier alpha value is -2.33. The van der Waals surface area contributed by atoms with Gasteiger partial charge in [0.2, 0.25) is 0 Å². The Morgan fingerprint density at radius 2 is 1.57 bits per heavy atom. The van der Waals surface area contributed by atoms with Gasteiger partial charge in [0.25, 0.3) is 0 Å². The lowest BCUT2D eigenvalue weighted by atomic mass is 10.1. The fourth-order valence-electron chi connectivity index (χ4n) is 1.84. The Labute approximate surface area is 140 Å². The number of benzene rings is 2. The molecular weight excluding hydrogens is 316 g/mol. The Morgan fingerprint density at radius 3 is 2.09 bits per heavy atom. The van der Waals surface area contributed by atoms with E-state index in [0.717, 1.165) is 12.0 Å². The maximum Gasteiger partial charge on any atom is 0.343 e. The molecule has 0 fully saturated rings. The summed E-state index contributed by atoms with van der Waals surface area (Å²) >= 11 is 5.68. The van der Waals surface area contributed by atoms with Crippen LogP contribution < -0.4 is 9.47 Å². The second-order valence-electron chi connectivity index (χ2n) is 4.92. The molecule has 1 unspecified atom stereocenters. The summed E-state index contributed by atoms with van der Waals surface area (Å²) in [7, 11) is 0. The second kappa shape index (κ2) is 7.79. The largest absolute Gasteiger partial charge is 0.421 e. The van der Waals surface area contributed by atoms with Crippen LogP contribution in [-0.2, 0) is 11.2 Å². The van der Waals surface area contributed by atoms with Gasteiger partial charge in [-0.25, -0.2) is 4.79 Å². The van der Waals surface area contributed by atoms with Crippen LogP contribution in [0, 0.1) is 0 Å². The van der Waals surface area contributed by atoms with Gasteiger partial charge < -0.3 is 9.47 Å². The van der Waals surface area contributed by atoms with Crippen LogP contribution in [0.3, 0.4) is 0 Å². The van der Waals surface area contributed by atoms with Crippen LogP contribution in [0.2, 0.25) is 0 Å². The van der Waals surface area contributed by atoms with Crippen molar-refractivity contribution >= 4 is 23.5 Å². The third-order valence-electron chi connectivity index (χ3n) is 3.19. The molecule has 0 saturated carbocycles. The van der Waals surface area contributed by atoms with E-state index in [1.54, 1.807) is 36.4 Å². The second-order valence-corrected chi connectivity index (χ2v) is 5.58. The van der Waals surface area contributed by atoms with Crippen LogP contribution in [0.1, 0.15) is 29.8 Å². The monoisotopic (exact) mass is 332 g/mol. The van der Waals surface area contributed by atoms with E-state index >= 15 is 0 Å². The molecule has 0 radical (unpaired) electrons. The number of ether oxygens (including phenoxy) is 2. The van der Waals surface area contributed by atoms with Crippen molar-refractivity contribution in [2.45, 2.75) is 25.6 Å². The number of carbonyl (C=O) groups excluding carboxylic acids is 2. The lowest BCUT2D eigenvalue weighted by Gasteiger charge is -2.11. The third-order valence-corrected chi connectivity index (χ3v) is 3.36. The quantitative estimate of drug-likeness (QED) is 0.472. The SMILES string of the molecule is CCc1ccc(C(=O)Oc2ccccc2OC(=O)C(C)Cl)cc1. The van der Waals surface area contributed by atoms with Crippen LogP contribution in [-0.4, -0.2) is 17.3 Å². The van der Waals surface area contributed by atoms with E-state index in [-0.39, 0.29) is 11.5 Å². The zero-order valence-electron chi connectivity index (χ0n) is 12.9. The standard InChI is InChI=1S/C18H17ClO4/c1-3-13-8-10-14(11-9-13)18(21)23-16-7-5-4-6-15(16)22-17(20)12(2)19/h4-12H,3H2,1-2H3. The van der Waals surface area contributed by atoms with Crippen molar-refractivity contribution in [3.8, 4) is 11.5 Å². The number of rotatable bonds is 5. The van der Waals surface area contributed by atoms with E-state index in [4.69, 9.17) is 21.1 Å². The molecule has 2 aromatic carbocycles. The van der Waals surface area contributed by atoms with Gasteiger partial charge in [0.1, 0.15) is 5.38 Å². The maximum absolute atomic E-state index is 12.2. The molecule has 0 aliphatic heterocycles. The topological polar surface area (TPSA) is 52.6 Å². The number of para-hydroxylation sites is 2. The summed E-state index contributed by atoms with van der Waals surface area (Å²) in [5.74, 6) is -0.802. The molecule has 0 heterocycles. The van der Waals surface area contributed by atoms with Gasteiger partial charge >= 0.3 is 11.9 Å². The summed E-state index contributed by atoms with van der Waals surface area (Å²) in [6, 6.07) is 13.6. The smallest absolute Gasteiger partial charge is 0.343 e. The molecule has 2 aromatic rings. The number of alkyl halides is 1. The molecule has 0 aliphatic rings. The molecule has 1 atom stereocenters. The number of hydrogen-bond acceptors (Lipinski definition) is 4. The molecule has 2 rings (SSSR count). The van der Waals surface area contributed by atoms with Crippen LogP contribution in [0.5, 0.6) is 11.5 Å². The van der Waals surface area contributed by atoms with Gasteiger partial charge in [0, 0.05) is 0 Å². The number of aryl methyl sites for hydroxylation is 1. The van der Waals surface area contributed by atoms with Crippen LogP contribution in [0.15, 0.2) is 48.5 Å². The fraction of sp³-hybridized carbons (Fsp3) is 0.222. The molecule has 120 valence electrons. The predicted molar refractivity (Wildman–Crippen MR) is 88.2 cm³/mol. The minimum Gasteiger partial charge on any atom is -0.421 e. The number of hydrogen-bond donors (Lipinski definition) is 0. The number of carbonyl (C=O) groups is 2. The highest BCUT2D eigenvalue weighted by Gasteiger charge is 2.17. The van der Waals surface area contributed by atoms with Crippen molar-refractivity contribution in [2.75, 3.05) is 0 Å². The molecule has 0 aliphatic carbocycles. The van der Waals surface area contributed by atoms with Crippen LogP contribution in [0.4, 0.5) is 0 Å². The molecule has 0 saturated heterocycles. The first-order chi connectivity index (χ1) is 11.0. The van der Waals surface area contributed by atoms with E-state index in [1.165, 1.54) is 6.92 Å². The summed E-state index contributed by atoms with van der Waals surface area (Å²) in [6.07, 6.45) is 0.894. The Bertz CT molecular complexity index is 692. The average molecular weight is 333 g/mol. The van der Waals surface area contributed by atoms with Crippen molar-refractivity contribution in [1.82, 2.24) is 0 Å². The minimum absolute atomic E-state index is 0.156. The van der Waals surface area contributed by atoms with E-state index in [1.807, 2.05) is 19.1 Å². The first-order valence-corrected chi connectivity index (χ1v) is 7.70. The third kappa shape index (κ3) is 4.57. The Balaban J connectivity index is 2.15. The van der Waals surface area contributed by atoms with Gasteiger partial charge in [-0.1, -0.05) is 31.2 Å². The first-order valence-electron chi connectivity index (χ1n) is 7.27. The van der Waals surface area contributed by atoms with Crippen molar-refractivity contribution in [3.63, 3.8) is 0 Å². The Kier molecular flexibility index (Phi) is 5.77. The maximum atomic E-state index is 12.2. The van der Waals surface area contributed by atoms with Crippen molar-refractivity contribution in [1.29, 1.82) is 0 Å². The zero-order valence-corrected chi connectivity index (χ0v) is 13.7.